The summed E-state index contributed by atoms with van der Waals surface area (Å²) in [7, 11) is 0. The predicted molar refractivity (Wildman–Crippen MR) is 124 cm³/mol. The molecule has 0 saturated carbocycles. The molecular formula is C24H27F2N7O. The number of hydrogen-bond donors (Lipinski definition) is 3. The lowest BCUT2D eigenvalue weighted by Gasteiger charge is -2.35. The number of aliphatic hydroxyl groups is 1. The predicted octanol–water partition coefficient (Wildman–Crippen LogP) is 3.22. The number of anilines is 1. The van der Waals surface area contributed by atoms with E-state index in [9.17, 15) is 13.9 Å². The van der Waals surface area contributed by atoms with Crippen molar-refractivity contribution in [2.45, 2.75) is 44.0 Å². The molecule has 0 bridgehead atoms. The smallest absolute Gasteiger partial charge is 0.137 e. The fourth-order valence-corrected chi connectivity index (χ4v) is 4.70. The first-order chi connectivity index (χ1) is 16.4. The molecule has 2 aromatic heterocycles. The van der Waals surface area contributed by atoms with Crippen LogP contribution in [-0.2, 0) is 12.1 Å². The summed E-state index contributed by atoms with van der Waals surface area (Å²) in [6, 6.07) is 8.85. The van der Waals surface area contributed by atoms with Crippen LogP contribution < -0.4 is 10.6 Å². The van der Waals surface area contributed by atoms with Gasteiger partial charge in [-0.15, -0.1) is 0 Å². The minimum absolute atomic E-state index is 0.0373. The highest BCUT2D eigenvalue weighted by atomic mass is 19.1. The number of nitrogens with one attached hydrogen (secondary N) is 2. The Hall–Kier alpha value is -3.37. The third-order valence-electron chi connectivity index (χ3n) is 6.63. The lowest BCUT2D eigenvalue weighted by molar-refractivity contribution is -0.0354. The van der Waals surface area contributed by atoms with Crippen LogP contribution in [-0.4, -0.2) is 48.8 Å². The minimum atomic E-state index is -1.78. The Morgan fingerprint density at radius 1 is 1.18 bits per heavy atom. The van der Waals surface area contributed by atoms with E-state index in [1.165, 1.54) is 23.4 Å². The molecule has 0 amide bonds. The highest BCUT2D eigenvalue weighted by Crippen LogP contribution is 2.38. The molecule has 1 aliphatic rings. The fraction of sp³-hybridized carbons (Fsp3) is 0.375. The Morgan fingerprint density at radius 3 is 2.74 bits per heavy atom. The Labute approximate surface area is 195 Å². The monoisotopic (exact) mass is 467 g/mol. The maximum atomic E-state index is 14.9. The highest BCUT2D eigenvalue weighted by molar-refractivity contribution is 5.82. The SMILES string of the molecule is C[C@@H](n1ncc2cc(NC3CCNCC3)ccc21)[C@](O)(Cn1cncn1)c1ccc(F)cc1F. The third kappa shape index (κ3) is 4.26. The number of halogens is 2. The lowest BCUT2D eigenvalue weighted by Crippen LogP contribution is -2.41. The first-order valence-electron chi connectivity index (χ1n) is 11.4. The number of nitrogens with zero attached hydrogens (tertiary/aromatic N) is 5. The molecule has 3 heterocycles. The fourth-order valence-electron chi connectivity index (χ4n) is 4.70. The van der Waals surface area contributed by atoms with Gasteiger partial charge in [-0.25, -0.2) is 18.4 Å². The van der Waals surface area contributed by atoms with Crippen LogP contribution >= 0.6 is 0 Å². The summed E-state index contributed by atoms with van der Waals surface area (Å²) in [5, 5.41) is 28.3. The van der Waals surface area contributed by atoms with Gasteiger partial charge in [0.15, 0.2) is 0 Å². The average Bonchev–Trinajstić information content (AvgIpc) is 3.48. The Kier molecular flexibility index (Phi) is 6.01. The van der Waals surface area contributed by atoms with E-state index < -0.39 is 23.3 Å². The molecular weight excluding hydrogens is 440 g/mol. The van der Waals surface area contributed by atoms with Gasteiger partial charge in [0.05, 0.1) is 24.3 Å². The van der Waals surface area contributed by atoms with Gasteiger partial charge in [0.25, 0.3) is 0 Å². The summed E-state index contributed by atoms with van der Waals surface area (Å²) in [6.07, 6.45) is 6.64. The Morgan fingerprint density at radius 2 is 2.00 bits per heavy atom. The standard InChI is InChI=1S/C24H27F2N7O/c1-16(24(34,13-32-15-28-14-30-32)21-4-2-18(25)11-22(21)26)33-23-5-3-20(10-17(23)12-29-33)31-19-6-8-27-9-7-19/h2-5,10-12,14-16,19,27,31,34H,6-9,13H2,1H3/t16-,24-/m1/s1. The van der Waals surface area contributed by atoms with E-state index in [0.29, 0.717) is 6.04 Å². The molecule has 1 aliphatic heterocycles. The molecule has 8 nitrogen and oxygen atoms in total. The van der Waals surface area contributed by atoms with Crippen LogP contribution in [0.25, 0.3) is 10.9 Å². The Balaban J connectivity index is 1.50. The quantitative estimate of drug-likeness (QED) is 0.387. The number of fused-ring (bicyclic) bond motifs is 1. The highest BCUT2D eigenvalue weighted by Gasteiger charge is 2.41. The van der Waals surface area contributed by atoms with Gasteiger partial charge in [-0.05, 0) is 57.1 Å². The molecule has 2 atom stereocenters. The molecule has 2 aromatic carbocycles. The summed E-state index contributed by atoms with van der Waals surface area (Å²) in [4.78, 5) is 3.92. The molecule has 3 N–H and O–H groups in total. The van der Waals surface area contributed by atoms with E-state index >= 15 is 0 Å². The zero-order chi connectivity index (χ0) is 23.7. The van der Waals surface area contributed by atoms with Crippen molar-refractivity contribution < 1.29 is 13.9 Å². The van der Waals surface area contributed by atoms with Gasteiger partial charge in [-0.2, -0.15) is 10.2 Å². The molecule has 10 heteroatoms. The van der Waals surface area contributed by atoms with Crippen molar-refractivity contribution in [3.63, 3.8) is 0 Å². The molecule has 0 aliphatic carbocycles. The van der Waals surface area contributed by atoms with Crippen molar-refractivity contribution in [1.29, 1.82) is 0 Å². The molecule has 0 spiro atoms. The third-order valence-corrected chi connectivity index (χ3v) is 6.63. The second-order valence-electron chi connectivity index (χ2n) is 8.85. The maximum Gasteiger partial charge on any atom is 0.137 e. The van der Waals surface area contributed by atoms with Crippen molar-refractivity contribution in [2.24, 2.45) is 0 Å². The molecule has 178 valence electrons. The zero-order valence-corrected chi connectivity index (χ0v) is 18.8. The topological polar surface area (TPSA) is 92.8 Å². The van der Waals surface area contributed by atoms with Crippen LogP contribution in [0.15, 0.2) is 55.2 Å². The number of aromatic nitrogens is 5. The van der Waals surface area contributed by atoms with E-state index in [2.05, 4.69) is 25.8 Å². The maximum absolute atomic E-state index is 14.9. The van der Waals surface area contributed by atoms with Crippen LogP contribution in [0.2, 0.25) is 0 Å². The number of hydrogen-bond acceptors (Lipinski definition) is 6. The van der Waals surface area contributed by atoms with E-state index in [0.717, 1.165) is 54.7 Å². The zero-order valence-electron chi connectivity index (χ0n) is 18.8. The number of piperidine rings is 1. The van der Waals surface area contributed by atoms with Crippen molar-refractivity contribution >= 4 is 16.6 Å². The van der Waals surface area contributed by atoms with Gasteiger partial charge in [0.1, 0.15) is 29.9 Å². The van der Waals surface area contributed by atoms with E-state index in [4.69, 9.17) is 0 Å². The molecule has 0 unspecified atom stereocenters. The molecule has 5 rings (SSSR count). The average molecular weight is 468 g/mol. The van der Waals surface area contributed by atoms with Crippen molar-refractivity contribution in [3.05, 3.63) is 72.4 Å². The summed E-state index contributed by atoms with van der Waals surface area (Å²) in [5.74, 6) is -1.55. The summed E-state index contributed by atoms with van der Waals surface area (Å²) in [5.41, 5.74) is -0.0158. The van der Waals surface area contributed by atoms with E-state index in [-0.39, 0.29) is 12.1 Å². The normalized spacial score (nSPS) is 17.5. The van der Waals surface area contributed by atoms with Gasteiger partial charge < -0.3 is 15.7 Å². The molecule has 4 aromatic rings. The van der Waals surface area contributed by atoms with Gasteiger partial charge in [-0.3, -0.25) is 4.68 Å². The second-order valence-corrected chi connectivity index (χ2v) is 8.85. The molecule has 0 radical (unpaired) electrons. The second kappa shape index (κ2) is 9.11. The van der Waals surface area contributed by atoms with Crippen LogP contribution in [0.5, 0.6) is 0 Å². The number of rotatable bonds is 7. The van der Waals surface area contributed by atoms with Gasteiger partial charge in [0, 0.05) is 28.7 Å². The van der Waals surface area contributed by atoms with Gasteiger partial charge in [0.2, 0.25) is 0 Å². The van der Waals surface area contributed by atoms with E-state index in [1.54, 1.807) is 17.8 Å². The van der Waals surface area contributed by atoms with Crippen LogP contribution in [0.4, 0.5) is 14.5 Å². The van der Waals surface area contributed by atoms with Crippen molar-refractivity contribution in [3.8, 4) is 0 Å². The Bertz CT molecular complexity index is 1270. The largest absolute Gasteiger partial charge is 0.382 e. The number of benzene rings is 2. The lowest BCUT2D eigenvalue weighted by atomic mass is 9.86. The van der Waals surface area contributed by atoms with Gasteiger partial charge in [-0.1, -0.05) is 6.07 Å². The van der Waals surface area contributed by atoms with Gasteiger partial charge >= 0.3 is 0 Å². The van der Waals surface area contributed by atoms with Crippen LogP contribution in [0, 0.1) is 11.6 Å². The molecule has 1 fully saturated rings. The van der Waals surface area contributed by atoms with Crippen LogP contribution in [0.1, 0.15) is 31.4 Å². The van der Waals surface area contributed by atoms with E-state index in [1.807, 2.05) is 18.2 Å². The first kappa shape index (κ1) is 22.4. The minimum Gasteiger partial charge on any atom is -0.382 e. The summed E-state index contributed by atoms with van der Waals surface area (Å²) >= 11 is 0. The first-order valence-corrected chi connectivity index (χ1v) is 11.4. The molecule has 34 heavy (non-hydrogen) atoms. The summed E-state index contributed by atoms with van der Waals surface area (Å²) in [6.45, 7) is 3.67. The van der Waals surface area contributed by atoms with Crippen molar-refractivity contribution in [2.75, 3.05) is 18.4 Å². The molecule has 1 saturated heterocycles. The summed E-state index contributed by atoms with van der Waals surface area (Å²) < 4.78 is 31.6. The van der Waals surface area contributed by atoms with Crippen LogP contribution in [0.3, 0.4) is 0 Å². The van der Waals surface area contributed by atoms with Crippen molar-refractivity contribution in [1.82, 2.24) is 29.9 Å².